The van der Waals surface area contributed by atoms with Crippen molar-refractivity contribution in [3.63, 3.8) is 0 Å². The second-order valence-corrected chi connectivity index (χ2v) is 0.935. The smallest absolute Gasteiger partial charge is 0.214 e. The average molecular weight is 132 g/mol. The summed E-state index contributed by atoms with van der Waals surface area (Å²) < 4.78 is 0. The van der Waals surface area contributed by atoms with Gasteiger partial charge in [-0.15, -0.1) is 0 Å². The van der Waals surface area contributed by atoms with Crippen molar-refractivity contribution < 1.29 is 10.5 Å². The van der Waals surface area contributed by atoms with E-state index in [0.29, 0.717) is 0 Å². The summed E-state index contributed by atoms with van der Waals surface area (Å²) in [5.41, 5.74) is 1.64. The minimum Gasteiger partial charge on any atom is -0.356 e. The van der Waals surface area contributed by atoms with Crippen molar-refractivity contribution in [3.8, 4) is 0 Å². The molecule has 0 aromatic carbocycles. The number of rotatable bonds is 0. The first kappa shape index (κ1) is 7.50. The lowest BCUT2D eigenvalue weighted by Gasteiger charge is -1.74. The zero-order chi connectivity index (χ0) is 7.11. The quantitative estimate of drug-likeness (QED) is 0.241. The molecule has 50 valence electrons. The SMILES string of the molecule is C1=NC=N[NH2+]1.O=[N+]([O-])[O-]. The van der Waals surface area contributed by atoms with Crippen LogP contribution in [0, 0.1) is 15.3 Å². The molecule has 7 heteroatoms. The first-order valence-corrected chi connectivity index (χ1v) is 1.91. The van der Waals surface area contributed by atoms with Gasteiger partial charge in [0.05, 0.1) is 5.09 Å². The van der Waals surface area contributed by atoms with Crippen molar-refractivity contribution in [2.24, 2.45) is 10.1 Å². The Morgan fingerprint density at radius 2 is 2.11 bits per heavy atom. The van der Waals surface area contributed by atoms with Crippen molar-refractivity contribution in [2.45, 2.75) is 0 Å². The van der Waals surface area contributed by atoms with Crippen LogP contribution in [0.3, 0.4) is 0 Å². The average Bonchev–Trinajstić information content (AvgIpc) is 2.11. The van der Waals surface area contributed by atoms with Gasteiger partial charge < -0.3 is 15.3 Å². The molecule has 0 fully saturated rings. The lowest BCUT2D eigenvalue weighted by Crippen LogP contribution is -2.74. The summed E-state index contributed by atoms with van der Waals surface area (Å²) in [5, 5.41) is 18.4. The summed E-state index contributed by atoms with van der Waals surface area (Å²) in [6.45, 7) is 0. The van der Waals surface area contributed by atoms with E-state index in [1.807, 2.05) is 0 Å². The van der Waals surface area contributed by atoms with Crippen LogP contribution in [0.4, 0.5) is 0 Å². The molecule has 9 heavy (non-hydrogen) atoms. The van der Waals surface area contributed by atoms with E-state index >= 15 is 0 Å². The molecule has 1 rings (SSSR count). The summed E-state index contributed by atoms with van der Waals surface area (Å²) in [7, 11) is 0. The van der Waals surface area contributed by atoms with Gasteiger partial charge in [0.25, 0.3) is 0 Å². The Labute approximate surface area is 49.8 Å². The largest absolute Gasteiger partial charge is 0.356 e. The third kappa shape index (κ3) is 10.7. The molecule has 7 nitrogen and oxygen atoms in total. The number of quaternary nitrogens is 1. The Bertz CT molecular complexity index is 127. The Morgan fingerprint density at radius 3 is 2.22 bits per heavy atom. The molecule has 0 saturated heterocycles. The van der Waals surface area contributed by atoms with Gasteiger partial charge in [-0.05, 0) is 0 Å². The molecular formula is C2H4N4O3. The van der Waals surface area contributed by atoms with Crippen LogP contribution in [0.15, 0.2) is 10.1 Å². The molecule has 0 aromatic heterocycles. The topological polar surface area (TPSA) is 108 Å². The Kier molecular flexibility index (Phi) is 3.88. The Morgan fingerprint density at radius 1 is 1.56 bits per heavy atom. The summed E-state index contributed by atoms with van der Waals surface area (Å²) in [5.74, 6) is 0. The summed E-state index contributed by atoms with van der Waals surface area (Å²) >= 11 is 0. The fraction of sp³-hybridized carbons (Fsp3) is 0. The highest BCUT2D eigenvalue weighted by atomic mass is 16.9. The predicted molar refractivity (Wildman–Crippen MR) is 29.3 cm³/mol. The Hall–Kier alpha value is -1.50. The van der Waals surface area contributed by atoms with Crippen LogP contribution >= 0.6 is 0 Å². The minimum absolute atomic E-state index is 1.50. The minimum atomic E-state index is -1.75. The molecule has 0 amide bonds. The molecule has 0 aromatic rings. The molecule has 1 aliphatic heterocycles. The summed E-state index contributed by atoms with van der Waals surface area (Å²) in [6.07, 6.45) is 3.14. The molecule has 0 bridgehead atoms. The maximum absolute atomic E-state index is 8.25. The molecule has 0 unspecified atom stereocenters. The molecule has 0 atom stereocenters. The van der Waals surface area contributed by atoms with Gasteiger partial charge in [0, 0.05) is 0 Å². The van der Waals surface area contributed by atoms with E-state index in [4.69, 9.17) is 15.3 Å². The van der Waals surface area contributed by atoms with Crippen molar-refractivity contribution in [2.75, 3.05) is 0 Å². The number of hydrogen-bond acceptors (Lipinski definition) is 5. The van der Waals surface area contributed by atoms with Gasteiger partial charge in [0.1, 0.15) is 0 Å². The van der Waals surface area contributed by atoms with Crippen molar-refractivity contribution in [1.82, 2.24) is 0 Å². The third-order valence-electron chi connectivity index (χ3n) is 0.372. The summed E-state index contributed by atoms with van der Waals surface area (Å²) in [6, 6.07) is 0. The fourth-order valence-electron chi connectivity index (χ4n) is 0.192. The maximum Gasteiger partial charge on any atom is 0.214 e. The van der Waals surface area contributed by atoms with Crippen molar-refractivity contribution in [1.29, 1.82) is 0 Å². The van der Waals surface area contributed by atoms with Gasteiger partial charge in [-0.25, -0.2) is 0 Å². The second-order valence-electron chi connectivity index (χ2n) is 0.935. The van der Waals surface area contributed by atoms with Gasteiger partial charge >= 0.3 is 0 Å². The van der Waals surface area contributed by atoms with Crippen molar-refractivity contribution >= 4 is 12.7 Å². The van der Waals surface area contributed by atoms with E-state index in [1.54, 1.807) is 11.8 Å². The predicted octanol–water partition coefficient (Wildman–Crippen LogP) is -1.70. The van der Waals surface area contributed by atoms with Crippen LogP contribution in [0.2, 0.25) is 0 Å². The number of nitrogens with zero attached hydrogens (tertiary/aromatic N) is 3. The zero-order valence-electron chi connectivity index (χ0n) is 4.30. The van der Waals surface area contributed by atoms with Crippen LogP contribution in [0.5, 0.6) is 0 Å². The van der Waals surface area contributed by atoms with Crippen LogP contribution in [-0.4, -0.2) is 17.8 Å². The monoisotopic (exact) mass is 132 g/mol. The van der Waals surface area contributed by atoms with Crippen LogP contribution < -0.4 is 5.43 Å². The zero-order valence-corrected chi connectivity index (χ0v) is 4.30. The molecule has 0 saturated carbocycles. The van der Waals surface area contributed by atoms with E-state index in [0.717, 1.165) is 0 Å². The van der Waals surface area contributed by atoms with Crippen LogP contribution in [0.25, 0.3) is 0 Å². The number of hydrogen-bond donors (Lipinski definition) is 1. The molecule has 0 spiro atoms. The van der Waals surface area contributed by atoms with Gasteiger partial charge in [-0.3, -0.25) is 0 Å². The molecular weight excluding hydrogens is 128 g/mol. The standard InChI is InChI=1S/C2H3N3.NO3/c1-3-2-5-4-1;2-1(3)4/h1-2H,(H,3,4,5);/q;-1/p+1. The van der Waals surface area contributed by atoms with E-state index in [9.17, 15) is 0 Å². The molecule has 1 aliphatic rings. The van der Waals surface area contributed by atoms with E-state index < -0.39 is 5.09 Å². The van der Waals surface area contributed by atoms with Gasteiger partial charge in [-0.1, -0.05) is 5.10 Å². The molecule has 1 heterocycles. The molecule has 2 N–H and O–H groups in total. The van der Waals surface area contributed by atoms with Gasteiger partial charge in [0.15, 0.2) is 6.34 Å². The third-order valence-corrected chi connectivity index (χ3v) is 0.372. The van der Waals surface area contributed by atoms with Crippen LogP contribution in [0.1, 0.15) is 0 Å². The molecule has 0 radical (unpaired) electrons. The lowest BCUT2D eigenvalue weighted by molar-refractivity contribution is -0.531. The molecule has 0 aliphatic carbocycles. The first-order valence-electron chi connectivity index (χ1n) is 1.91. The van der Waals surface area contributed by atoms with Gasteiger partial charge in [0.2, 0.25) is 6.34 Å². The van der Waals surface area contributed by atoms with Gasteiger partial charge in [-0.2, -0.15) is 10.4 Å². The highest BCUT2D eigenvalue weighted by Gasteiger charge is 1.77. The van der Waals surface area contributed by atoms with E-state index in [-0.39, 0.29) is 0 Å². The fourth-order valence-corrected chi connectivity index (χ4v) is 0.192. The van der Waals surface area contributed by atoms with Crippen LogP contribution in [-0.2, 0) is 0 Å². The van der Waals surface area contributed by atoms with Crippen molar-refractivity contribution in [3.05, 3.63) is 15.3 Å². The second kappa shape index (κ2) is 4.65. The number of nitrogens with two attached hydrogens (primary N) is 1. The maximum atomic E-state index is 8.25. The lowest BCUT2D eigenvalue weighted by atomic mass is 11.3. The summed E-state index contributed by atoms with van der Waals surface area (Å²) in [4.78, 5) is 11.9. The Balaban J connectivity index is 0.000000148. The van der Waals surface area contributed by atoms with E-state index in [2.05, 4.69) is 10.1 Å². The normalized spacial score (nSPS) is 12.4. The highest BCUT2D eigenvalue weighted by Crippen LogP contribution is 1.50. The highest BCUT2D eigenvalue weighted by molar-refractivity contribution is 5.68. The first-order chi connectivity index (χ1) is 4.23. The number of aliphatic imine (C=N–C) groups is 1. The van der Waals surface area contributed by atoms with E-state index in [1.165, 1.54) is 6.34 Å².